The number of sulfone groups is 1. The van der Waals surface area contributed by atoms with Crippen molar-refractivity contribution in [1.29, 1.82) is 0 Å². The van der Waals surface area contributed by atoms with Crippen LogP contribution in [0, 0.1) is 0 Å². The molecule has 0 saturated carbocycles. The van der Waals surface area contributed by atoms with E-state index in [1.54, 1.807) is 6.20 Å². The minimum atomic E-state index is -2.90. The van der Waals surface area contributed by atoms with Crippen molar-refractivity contribution in [1.82, 2.24) is 15.3 Å². The molecule has 84 valence electrons. The van der Waals surface area contributed by atoms with E-state index >= 15 is 0 Å². The van der Waals surface area contributed by atoms with E-state index in [0.717, 1.165) is 17.9 Å². The Balaban J connectivity index is 2.17. The fraction of sp³-hybridized carbons (Fsp3) is 0.667. The van der Waals surface area contributed by atoms with Gasteiger partial charge in [0.2, 0.25) is 0 Å². The van der Waals surface area contributed by atoms with Crippen LogP contribution in [0.1, 0.15) is 24.5 Å². The standard InChI is InChI=1S/C9H15N3O2S/c1-2-7-5-11-9(12-7)8-6-15(13,14)4-3-10-8/h5,8,10H,2-4,6H2,1H3,(H,11,12). The molecule has 0 aromatic carbocycles. The van der Waals surface area contributed by atoms with Gasteiger partial charge in [0.1, 0.15) is 5.82 Å². The number of imidazole rings is 1. The van der Waals surface area contributed by atoms with Crippen molar-refractivity contribution < 1.29 is 8.42 Å². The molecule has 0 amide bonds. The zero-order valence-corrected chi connectivity index (χ0v) is 9.47. The molecule has 6 heteroatoms. The molecule has 0 spiro atoms. The minimum Gasteiger partial charge on any atom is -0.345 e. The number of H-pyrrole nitrogens is 1. The third kappa shape index (κ3) is 2.38. The smallest absolute Gasteiger partial charge is 0.153 e. The van der Waals surface area contributed by atoms with Gasteiger partial charge in [0, 0.05) is 18.4 Å². The van der Waals surface area contributed by atoms with E-state index in [4.69, 9.17) is 0 Å². The molecule has 2 heterocycles. The van der Waals surface area contributed by atoms with E-state index in [2.05, 4.69) is 15.3 Å². The molecule has 0 bridgehead atoms. The van der Waals surface area contributed by atoms with E-state index in [1.807, 2.05) is 6.92 Å². The number of aryl methyl sites for hydroxylation is 1. The van der Waals surface area contributed by atoms with Crippen molar-refractivity contribution in [3.63, 3.8) is 0 Å². The lowest BCUT2D eigenvalue weighted by atomic mass is 10.3. The largest absolute Gasteiger partial charge is 0.345 e. The zero-order valence-electron chi connectivity index (χ0n) is 8.66. The minimum absolute atomic E-state index is 0.143. The Hall–Kier alpha value is -0.880. The van der Waals surface area contributed by atoms with Gasteiger partial charge in [-0.1, -0.05) is 6.92 Å². The molecular weight excluding hydrogens is 214 g/mol. The van der Waals surface area contributed by atoms with Gasteiger partial charge in [-0.05, 0) is 6.42 Å². The molecule has 1 aromatic rings. The van der Waals surface area contributed by atoms with Gasteiger partial charge in [-0.3, -0.25) is 0 Å². The second-order valence-corrected chi connectivity index (χ2v) is 6.00. The van der Waals surface area contributed by atoms with Gasteiger partial charge >= 0.3 is 0 Å². The summed E-state index contributed by atoms with van der Waals surface area (Å²) in [6.45, 7) is 2.54. The molecule has 1 atom stereocenters. The number of aromatic nitrogens is 2. The molecule has 1 unspecified atom stereocenters. The lowest BCUT2D eigenvalue weighted by molar-refractivity contribution is 0.517. The first-order valence-electron chi connectivity index (χ1n) is 5.08. The van der Waals surface area contributed by atoms with Crippen molar-refractivity contribution in [2.24, 2.45) is 0 Å². The highest BCUT2D eigenvalue weighted by Crippen LogP contribution is 2.15. The molecular formula is C9H15N3O2S. The number of aromatic amines is 1. The molecule has 0 aliphatic carbocycles. The SMILES string of the molecule is CCc1cnc(C2CS(=O)(=O)CCN2)[nH]1. The van der Waals surface area contributed by atoms with Crippen LogP contribution in [0.15, 0.2) is 6.20 Å². The van der Waals surface area contributed by atoms with E-state index in [-0.39, 0.29) is 17.5 Å². The molecule has 2 N–H and O–H groups in total. The molecule has 1 aliphatic heterocycles. The first-order valence-corrected chi connectivity index (χ1v) is 6.90. The molecule has 15 heavy (non-hydrogen) atoms. The van der Waals surface area contributed by atoms with E-state index < -0.39 is 9.84 Å². The highest BCUT2D eigenvalue weighted by Gasteiger charge is 2.27. The number of hydrogen-bond donors (Lipinski definition) is 2. The lowest BCUT2D eigenvalue weighted by Gasteiger charge is -2.21. The highest BCUT2D eigenvalue weighted by atomic mass is 32.2. The second kappa shape index (κ2) is 3.94. The normalized spacial score (nSPS) is 25.3. The van der Waals surface area contributed by atoms with Crippen LogP contribution in [-0.4, -0.2) is 36.4 Å². The van der Waals surface area contributed by atoms with E-state index in [9.17, 15) is 8.42 Å². The third-order valence-corrected chi connectivity index (χ3v) is 4.25. The van der Waals surface area contributed by atoms with E-state index in [1.165, 1.54) is 0 Å². The molecule has 1 saturated heterocycles. The Morgan fingerprint density at radius 3 is 3.00 bits per heavy atom. The number of nitrogens with one attached hydrogen (secondary N) is 2. The van der Waals surface area contributed by atoms with Crippen molar-refractivity contribution in [3.8, 4) is 0 Å². The van der Waals surface area contributed by atoms with Crippen LogP contribution >= 0.6 is 0 Å². The monoisotopic (exact) mass is 229 g/mol. The summed E-state index contributed by atoms with van der Waals surface area (Å²) in [5.74, 6) is 1.10. The summed E-state index contributed by atoms with van der Waals surface area (Å²) in [6.07, 6.45) is 2.64. The van der Waals surface area contributed by atoms with Crippen molar-refractivity contribution in [3.05, 3.63) is 17.7 Å². The predicted molar refractivity (Wildman–Crippen MR) is 57.4 cm³/mol. The maximum Gasteiger partial charge on any atom is 0.153 e. The Labute approximate surface area is 89.2 Å². The first kappa shape index (κ1) is 10.6. The summed E-state index contributed by atoms with van der Waals surface area (Å²) in [5.41, 5.74) is 1.04. The second-order valence-electron chi connectivity index (χ2n) is 3.77. The molecule has 5 nitrogen and oxygen atoms in total. The Morgan fingerprint density at radius 1 is 1.60 bits per heavy atom. The van der Waals surface area contributed by atoms with Crippen LogP contribution in [0.3, 0.4) is 0 Å². The average Bonchev–Trinajstić information content (AvgIpc) is 2.64. The van der Waals surface area contributed by atoms with Crippen LogP contribution in [0.25, 0.3) is 0 Å². The van der Waals surface area contributed by atoms with Crippen molar-refractivity contribution >= 4 is 9.84 Å². The third-order valence-electron chi connectivity index (χ3n) is 2.58. The topological polar surface area (TPSA) is 74.8 Å². The molecule has 1 aliphatic rings. The molecule has 1 aromatic heterocycles. The van der Waals surface area contributed by atoms with E-state index in [0.29, 0.717) is 6.54 Å². The summed E-state index contributed by atoms with van der Waals surface area (Å²) in [4.78, 5) is 7.33. The van der Waals surface area contributed by atoms with Gasteiger partial charge in [-0.25, -0.2) is 13.4 Å². The average molecular weight is 229 g/mol. The van der Waals surface area contributed by atoms with Gasteiger partial charge in [0.15, 0.2) is 9.84 Å². The zero-order chi connectivity index (χ0) is 10.9. The maximum atomic E-state index is 11.4. The van der Waals surface area contributed by atoms with Crippen molar-refractivity contribution in [2.45, 2.75) is 19.4 Å². The maximum absolute atomic E-state index is 11.4. The van der Waals surface area contributed by atoms with Crippen LogP contribution in [0.4, 0.5) is 0 Å². The van der Waals surface area contributed by atoms with Crippen LogP contribution in [0.5, 0.6) is 0 Å². The van der Waals surface area contributed by atoms with Crippen LogP contribution in [-0.2, 0) is 16.3 Å². The summed E-state index contributed by atoms with van der Waals surface area (Å²) in [5, 5.41) is 3.16. The van der Waals surface area contributed by atoms with Gasteiger partial charge in [0.05, 0.1) is 17.5 Å². The van der Waals surface area contributed by atoms with Gasteiger partial charge in [-0.15, -0.1) is 0 Å². The van der Waals surface area contributed by atoms with Gasteiger partial charge in [0.25, 0.3) is 0 Å². The molecule has 2 rings (SSSR count). The highest BCUT2D eigenvalue weighted by molar-refractivity contribution is 7.91. The summed E-state index contributed by atoms with van der Waals surface area (Å²) < 4.78 is 22.9. The fourth-order valence-corrected chi connectivity index (χ4v) is 3.07. The van der Waals surface area contributed by atoms with Crippen LogP contribution < -0.4 is 5.32 Å². The molecule has 1 fully saturated rings. The Bertz CT molecular complexity index is 438. The Kier molecular flexibility index (Phi) is 2.79. The first-order chi connectivity index (χ1) is 7.11. The number of nitrogens with zero attached hydrogens (tertiary/aromatic N) is 1. The number of hydrogen-bond acceptors (Lipinski definition) is 4. The summed E-state index contributed by atoms with van der Waals surface area (Å²) >= 11 is 0. The molecule has 0 radical (unpaired) electrons. The van der Waals surface area contributed by atoms with Crippen molar-refractivity contribution in [2.75, 3.05) is 18.1 Å². The quantitative estimate of drug-likeness (QED) is 0.750. The number of rotatable bonds is 2. The predicted octanol–water partition coefficient (Wildman–Crippen LogP) is 0.0312. The fourth-order valence-electron chi connectivity index (χ4n) is 1.69. The summed E-state index contributed by atoms with van der Waals surface area (Å²) in [7, 11) is -2.90. The van der Waals surface area contributed by atoms with Crippen LogP contribution in [0.2, 0.25) is 0 Å². The Morgan fingerprint density at radius 2 is 2.40 bits per heavy atom. The summed E-state index contributed by atoms with van der Waals surface area (Å²) in [6, 6.07) is -0.177. The lowest BCUT2D eigenvalue weighted by Crippen LogP contribution is -2.39. The van der Waals surface area contributed by atoms with Gasteiger partial charge in [-0.2, -0.15) is 0 Å². The van der Waals surface area contributed by atoms with Gasteiger partial charge < -0.3 is 10.3 Å².